The van der Waals surface area contributed by atoms with Crippen LogP contribution in [0.15, 0.2) is 12.1 Å². The van der Waals surface area contributed by atoms with Crippen LogP contribution in [0.1, 0.15) is 15.9 Å². The molecule has 0 amide bonds. The van der Waals surface area contributed by atoms with Gasteiger partial charge in [-0.3, -0.25) is 4.79 Å². The predicted molar refractivity (Wildman–Crippen MR) is 47.6 cm³/mol. The van der Waals surface area contributed by atoms with Gasteiger partial charge >= 0.3 is 0 Å². The quantitative estimate of drug-likeness (QED) is 0.643. The third-order valence-electron chi connectivity index (χ3n) is 2.19. The molecule has 0 atom stereocenters. The molecule has 1 aromatic rings. The highest BCUT2D eigenvalue weighted by molar-refractivity contribution is 5.81. The third-order valence-corrected chi connectivity index (χ3v) is 2.19. The number of aldehydes is 1. The molecule has 0 fully saturated rings. The van der Waals surface area contributed by atoms with Gasteiger partial charge in [0.1, 0.15) is 11.5 Å². The van der Waals surface area contributed by atoms with Crippen molar-refractivity contribution in [2.75, 3.05) is 13.7 Å². The van der Waals surface area contributed by atoms with Gasteiger partial charge in [-0.15, -0.1) is 0 Å². The van der Waals surface area contributed by atoms with E-state index in [0.717, 1.165) is 24.0 Å². The predicted octanol–water partition coefficient (Wildman–Crippen LogP) is 1.44. The van der Waals surface area contributed by atoms with Crippen LogP contribution in [-0.2, 0) is 6.42 Å². The Morgan fingerprint density at radius 1 is 1.54 bits per heavy atom. The number of hydrogen-bond donors (Lipinski definition) is 0. The molecule has 0 radical (unpaired) electrons. The van der Waals surface area contributed by atoms with E-state index in [1.165, 1.54) is 0 Å². The van der Waals surface area contributed by atoms with Crippen molar-refractivity contribution in [1.29, 1.82) is 0 Å². The van der Waals surface area contributed by atoms with Crippen LogP contribution in [0.25, 0.3) is 0 Å². The van der Waals surface area contributed by atoms with E-state index in [0.29, 0.717) is 17.9 Å². The molecule has 0 aromatic heterocycles. The molecular formula is C10H10O3. The second-order valence-electron chi connectivity index (χ2n) is 2.88. The maximum absolute atomic E-state index is 10.7. The summed E-state index contributed by atoms with van der Waals surface area (Å²) in [5.41, 5.74) is 1.60. The van der Waals surface area contributed by atoms with Gasteiger partial charge in [0.25, 0.3) is 0 Å². The van der Waals surface area contributed by atoms with Crippen LogP contribution in [0.4, 0.5) is 0 Å². The lowest BCUT2D eigenvalue weighted by atomic mass is 10.1. The van der Waals surface area contributed by atoms with E-state index in [-0.39, 0.29) is 0 Å². The third kappa shape index (κ3) is 1.16. The van der Waals surface area contributed by atoms with Crippen molar-refractivity contribution in [2.24, 2.45) is 0 Å². The molecule has 0 saturated heterocycles. The standard InChI is InChI=1S/C10H10O3/c1-12-10-7(6-11)2-3-9-8(10)4-5-13-9/h2-3,6H,4-5H2,1H3. The van der Waals surface area contributed by atoms with Crippen LogP contribution >= 0.6 is 0 Å². The second-order valence-corrected chi connectivity index (χ2v) is 2.88. The minimum absolute atomic E-state index is 0.590. The molecule has 0 unspecified atom stereocenters. The van der Waals surface area contributed by atoms with E-state index < -0.39 is 0 Å². The van der Waals surface area contributed by atoms with Gasteiger partial charge in [0, 0.05) is 12.0 Å². The zero-order valence-corrected chi connectivity index (χ0v) is 7.37. The van der Waals surface area contributed by atoms with Crippen LogP contribution in [-0.4, -0.2) is 20.0 Å². The highest BCUT2D eigenvalue weighted by Gasteiger charge is 2.19. The molecule has 1 heterocycles. The molecule has 1 aromatic carbocycles. The second kappa shape index (κ2) is 3.09. The molecule has 3 heteroatoms. The van der Waals surface area contributed by atoms with Crippen LogP contribution in [0.5, 0.6) is 11.5 Å². The molecule has 1 aliphatic rings. The lowest BCUT2D eigenvalue weighted by Crippen LogP contribution is -1.94. The topological polar surface area (TPSA) is 35.5 Å². The Labute approximate surface area is 76.3 Å². The molecule has 0 saturated carbocycles. The fourth-order valence-electron chi connectivity index (χ4n) is 1.60. The van der Waals surface area contributed by atoms with Gasteiger partial charge in [0.2, 0.25) is 0 Å². The van der Waals surface area contributed by atoms with Crippen molar-refractivity contribution in [1.82, 2.24) is 0 Å². The number of rotatable bonds is 2. The van der Waals surface area contributed by atoms with Crippen molar-refractivity contribution in [3.63, 3.8) is 0 Å². The first-order valence-electron chi connectivity index (χ1n) is 4.14. The molecule has 0 spiro atoms. The Balaban J connectivity index is 2.59. The number of carbonyl (C=O) groups excluding carboxylic acids is 1. The Morgan fingerprint density at radius 2 is 2.38 bits per heavy atom. The highest BCUT2D eigenvalue weighted by atomic mass is 16.5. The number of methoxy groups -OCH3 is 1. The van der Waals surface area contributed by atoms with Crippen molar-refractivity contribution in [2.45, 2.75) is 6.42 Å². The number of fused-ring (bicyclic) bond motifs is 1. The van der Waals surface area contributed by atoms with E-state index in [1.807, 2.05) is 6.07 Å². The van der Waals surface area contributed by atoms with Gasteiger partial charge in [-0.2, -0.15) is 0 Å². The van der Waals surface area contributed by atoms with E-state index in [2.05, 4.69) is 0 Å². The first kappa shape index (κ1) is 8.10. The monoisotopic (exact) mass is 178 g/mol. The smallest absolute Gasteiger partial charge is 0.153 e. The van der Waals surface area contributed by atoms with Gasteiger partial charge in [-0.25, -0.2) is 0 Å². The fraction of sp³-hybridized carbons (Fsp3) is 0.300. The summed E-state index contributed by atoms with van der Waals surface area (Å²) in [5.74, 6) is 1.49. The first-order valence-corrected chi connectivity index (χ1v) is 4.14. The molecule has 0 aliphatic carbocycles. The molecule has 2 rings (SSSR count). The fourth-order valence-corrected chi connectivity index (χ4v) is 1.60. The summed E-state index contributed by atoms with van der Waals surface area (Å²) in [4.78, 5) is 10.7. The number of ether oxygens (including phenoxy) is 2. The lowest BCUT2D eigenvalue weighted by molar-refractivity contribution is 0.112. The zero-order valence-electron chi connectivity index (χ0n) is 7.37. The first-order chi connectivity index (χ1) is 6.36. The number of carbonyl (C=O) groups is 1. The average Bonchev–Trinajstić information content (AvgIpc) is 2.63. The van der Waals surface area contributed by atoms with Gasteiger partial charge in [-0.05, 0) is 12.1 Å². The average molecular weight is 178 g/mol. The van der Waals surface area contributed by atoms with E-state index in [9.17, 15) is 4.79 Å². The normalized spacial score (nSPS) is 13.3. The van der Waals surface area contributed by atoms with Gasteiger partial charge < -0.3 is 9.47 Å². The number of benzene rings is 1. The lowest BCUT2D eigenvalue weighted by Gasteiger charge is -2.07. The summed E-state index contributed by atoms with van der Waals surface area (Å²) in [6, 6.07) is 3.53. The Morgan fingerprint density at radius 3 is 3.08 bits per heavy atom. The SMILES string of the molecule is COc1c(C=O)ccc2c1CCO2. The summed E-state index contributed by atoms with van der Waals surface area (Å²) in [7, 11) is 1.57. The Hall–Kier alpha value is -1.51. The van der Waals surface area contributed by atoms with Crippen LogP contribution < -0.4 is 9.47 Å². The summed E-state index contributed by atoms with van der Waals surface area (Å²) in [5, 5.41) is 0. The molecule has 0 bridgehead atoms. The number of hydrogen-bond acceptors (Lipinski definition) is 3. The molecule has 13 heavy (non-hydrogen) atoms. The van der Waals surface area contributed by atoms with Crippen LogP contribution in [0.2, 0.25) is 0 Å². The zero-order chi connectivity index (χ0) is 9.26. The highest BCUT2D eigenvalue weighted by Crippen LogP contribution is 2.35. The maximum Gasteiger partial charge on any atom is 0.153 e. The van der Waals surface area contributed by atoms with Crippen molar-refractivity contribution in [3.05, 3.63) is 23.3 Å². The summed E-state index contributed by atoms with van der Waals surface area (Å²) in [6.07, 6.45) is 1.62. The summed E-state index contributed by atoms with van der Waals surface area (Å²) < 4.78 is 10.5. The Kier molecular flexibility index (Phi) is 1.93. The van der Waals surface area contributed by atoms with E-state index >= 15 is 0 Å². The molecule has 68 valence electrons. The molecular weight excluding hydrogens is 168 g/mol. The van der Waals surface area contributed by atoms with Crippen molar-refractivity contribution < 1.29 is 14.3 Å². The van der Waals surface area contributed by atoms with Gasteiger partial charge in [0.15, 0.2) is 6.29 Å². The van der Waals surface area contributed by atoms with Crippen molar-refractivity contribution >= 4 is 6.29 Å². The summed E-state index contributed by atoms with van der Waals surface area (Å²) >= 11 is 0. The molecule has 1 aliphatic heterocycles. The van der Waals surface area contributed by atoms with Gasteiger partial charge in [-0.1, -0.05) is 0 Å². The van der Waals surface area contributed by atoms with Crippen LogP contribution in [0.3, 0.4) is 0 Å². The van der Waals surface area contributed by atoms with E-state index in [4.69, 9.17) is 9.47 Å². The largest absolute Gasteiger partial charge is 0.496 e. The van der Waals surface area contributed by atoms with Crippen LogP contribution in [0, 0.1) is 0 Å². The molecule has 3 nitrogen and oxygen atoms in total. The minimum atomic E-state index is 0.590. The maximum atomic E-state index is 10.7. The van der Waals surface area contributed by atoms with Gasteiger partial charge in [0.05, 0.1) is 19.3 Å². The van der Waals surface area contributed by atoms with E-state index in [1.54, 1.807) is 13.2 Å². The summed E-state index contributed by atoms with van der Waals surface area (Å²) in [6.45, 7) is 0.675. The Bertz CT molecular complexity index is 344. The molecule has 0 N–H and O–H groups in total. The van der Waals surface area contributed by atoms with Crippen molar-refractivity contribution in [3.8, 4) is 11.5 Å². The minimum Gasteiger partial charge on any atom is -0.496 e.